The summed E-state index contributed by atoms with van der Waals surface area (Å²) in [7, 11) is 0. The fourth-order valence-corrected chi connectivity index (χ4v) is 13.7. The number of pyridine rings is 1. The summed E-state index contributed by atoms with van der Waals surface area (Å²) in [5.41, 5.74) is 30.4. The molecule has 0 radical (unpaired) electrons. The Morgan fingerprint density at radius 1 is 0.528 bits per heavy atom. The minimum Gasteiger partial charge on any atom is -0.259 e. The number of allylic oxidation sites excluding steroid dienone is 5. The predicted molar refractivity (Wildman–Crippen MR) is 311 cm³/mol. The van der Waals surface area contributed by atoms with Crippen LogP contribution in [0.4, 0.5) is 0 Å². The quantitative estimate of drug-likeness (QED) is 0.145. The van der Waals surface area contributed by atoms with Crippen LogP contribution in [-0.2, 0) is 21.7 Å². The van der Waals surface area contributed by atoms with Crippen molar-refractivity contribution in [1.82, 2.24) is 4.98 Å². The molecule has 0 N–H and O–H groups in total. The van der Waals surface area contributed by atoms with Crippen LogP contribution < -0.4 is 0 Å². The fourth-order valence-electron chi connectivity index (χ4n) is 13.7. The van der Waals surface area contributed by atoms with Gasteiger partial charge in [0.1, 0.15) is 0 Å². The smallest absolute Gasteiger partial charge is 0.0594 e. The van der Waals surface area contributed by atoms with Crippen molar-refractivity contribution in [2.24, 2.45) is 0 Å². The number of aromatic nitrogens is 1. The van der Waals surface area contributed by atoms with E-state index in [1.807, 2.05) is 13.8 Å². The Hall–Kier alpha value is -6.31. The average molecular weight is 944 g/mol. The summed E-state index contributed by atoms with van der Waals surface area (Å²) in [6, 6.07) is 49.1. The number of fused-ring (bicyclic) bond motifs is 7. The number of rotatable bonds is 7. The largest absolute Gasteiger partial charge is 0.259 e. The van der Waals surface area contributed by atoms with E-state index >= 15 is 0 Å². The first-order chi connectivity index (χ1) is 34.6. The molecule has 0 atom stereocenters. The molecule has 4 aliphatic carbocycles. The average Bonchev–Trinajstić information content (AvgIpc) is 4.19. The number of aryl methyl sites for hydroxylation is 1. The van der Waals surface area contributed by atoms with Crippen LogP contribution in [0.2, 0.25) is 0 Å². The molecule has 2 saturated carbocycles. The van der Waals surface area contributed by atoms with Crippen molar-refractivity contribution >= 4 is 11.1 Å². The highest BCUT2D eigenvalue weighted by molar-refractivity contribution is 6.13. The zero-order valence-corrected chi connectivity index (χ0v) is 45.6. The molecule has 1 nitrogen and oxygen atoms in total. The molecule has 1 heterocycles. The third-order valence-corrected chi connectivity index (χ3v) is 17.5. The minimum atomic E-state index is -0.0708. The molecular weight excluding hydrogens is 867 g/mol. The van der Waals surface area contributed by atoms with E-state index in [1.165, 1.54) is 167 Å². The van der Waals surface area contributed by atoms with Gasteiger partial charge in [0.05, 0.1) is 5.69 Å². The monoisotopic (exact) mass is 944 g/mol. The molecule has 1 heteroatoms. The SMILES string of the molecule is C=C/C(C)=C(\C1=C(C)C2(CCCC2)c2ccc(C(C)(C)C)cc21)c1cc(-c2c(-c3ccccc3)cccc2-c2ccccc2)cc(-c2c(C)cnc3c2-c2cc(C(C)(C)C)ccc2C32CCCC2)c1C.CC. The van der Waals surface area contributed by atoms with Gasteiger partial charge in [-0.2, -0.15) is 0 Å². The zero-order chi connectivity index (χ0) is 50.9. The van der Waals surface area contributed by atoms with Gasteiger partial charge in [0.15, 0.2) is 0 Å². The summed E-state index contributed by atoms with van der Waals surface area (Å²) in [5.74, 6) is 0. The van der Waals surface area contributed by atoms with Crippen LogP contribution in [0.1, 0.15) is 171 Å². The topological polar surface area (TPSA) is 12.9 Å². The lowest BCUT2D eigenvalue weighted by atomic mass is 9.75. The maximum absolute atomic E-state index is 5.54. The van der Waals surface area contributed by atoms with Gasteiger partial charge in [-0.3, -0.25) is 4.98 Å². The standard InChI is InChI=1S/C69H71N.C2H6/c1-12-43(2)60(62-46(5)68(34-19-20-35-68)58-32-30-50(40-56(58)62)66(6,7)8)54-38-49(63-52(47-24-15-13-16-25-47)28-23-29-53(63)48-26-17-14-18-27-48)39-55(45(54)4)61-44(3)42-70-65-64(61)57-41-51(67(9,10)11)31-33-59(57)69(65)36-21-22-37-69;1-2/h12-18,23-33,38-42H,1,19-22,34-37H2,2-11H3;1-2H3/b60-43-;. The van der Waals surface area contributed by atoms with Crippen LogP contribution in [0.15, 0.2) is 157 Å². The normalized spacial score (nSPS) is 16.6. The minimum absolute atomic E-state index is 0.00460. The number of hydrogen-bond acceptors (Lipinski definition) is 1. The Kier molecular flexibility index (Phi) is 12.7. The molecular formula is C71H77N. The van der Waals surface area contributed by atoms with Gasteiger partial charge in [-0.25, -0.2) is 0 Å². The first kappa shape index (κ1) is 49.3. The van der Waals surface area contributed by atoms with E-state index in [-0.39, 0.29) is 21.7 Å². The van der Waals surface area contributed by atoms with Crippen LogP contribution >= 0.6 is 0 Å². The van der Waals surface area contributed by atoms with Gasteiger partial charge in [0, 0.05) is 22.6 Å². The van der Waals surface area contributed by atoms with Gasteiger partial charge in [0.25, 0.3) is 0 Å². The molecule has 1 aromatic heterocycles. The second kappa shape index (κ2) is 18.6. The van der Waals surface area contributed by atoms with Crippen LogP contribution in [0.25, 0.3) is 66.8 Å². The molecule has 0 bridgehead atoms. The Balaban J connectivity index is 0.00000295. The van der Waals surface area contributed by atoms with Crippen molar-refractivity contribution in [3.63, 3.8) is 0 Å². The molecule has 2 fully saturated rings. The summed E-state index contributed by atoms with van der Waals surface area (Å²) in [4.78, 5) is 5.54. The third kappa shape index (κ3) is 7.84. The lowest BCUT2D eigenvalue weighted by Gasteiger charge is -2.28. The molecule has 11 rings (SSSR count). The summed E-state index contributed by atoms with van der Waals surface area (Å²) < 4.78 is 0. The van der Waals surface area contributed by atoms with Gasteiger partial charge >= 0.3 is 0 Å². The van der Waals surface area contributed by atoms with E-state index in [4.69, 9.17) is 4.98 Å². The van der Waals surface area contributed by atoms with Crippen LogP contribution in [-0.4, -0.2) is 4.98 Å². The molecule has 0 aliphatic heterocycles. The maximum Gasteiger partial charge on any atom is 0.0594 e. The van der Waals surface area contributed by atoms with Crippen molar-refractivity contribution in [3.05, 3.63) is 208 Å². The van der Waals surface area contributed by atoms with E-state index in [9.17, 15) is 0 Å². The van der Waals surface area contributed by atoms with Gasteiger partial charge in [-0.05, 0) is 188 Å². The van der Waals surface area contributed by atoms with Gasteiger partial charge in [0.2, 0.25) is 0 Å². The molecule has 0 unspecified atom stereocenters. The van der Waals surface area contributed by atoms with Crippen molar-refractivity contribution in [2.75, 3.05) is 0 Å². The summed E-state index contributed by atoms with van der Waals surface area (Å²) in [6.07, 6.45) is 14.0. The van der Waals surface area contributed by atoms with E-state index < -0.39 is 0 Å². The van der Waals surface area contributed by atoms with E-state index in [0.717, 1.165) is 12.8 Å². The van der Waals surface area contributed by atoms with Crippen molar-refractivity contribution < 1.29 is 0 Å². The van der Waals surface area contributed by atoms with E-state index in [2.05, 4.69) is 215 Å². The molecule has 72 heavy (non-hydrogen) atoms. The highest BCUT2D eigenvalue weighted by Gasteiger charge is 2.49. The molecule has 4 aliphatic rings. The van der Waals surface area contributed by atoms with Crippen molar-refractivity contribution in [2.45, 2.75) is 156 Å². The summed E-state index contributed by atoms with van der Waals surface area (Å²) in [6.45, 7) is 32.3. The Morgan fingerprint density at radius 3 is 1.57 bits per heavy atom. The Labute approximate surface area is 433 Å². The molecule has 0 amide bonds. The third-order valence-electron chi connectivity index (χ3n) is 17.5. The Bertz CT molecular complexity index is 3250. The highest BCUT2D eigenvalue weighted by Crippen LogP contribution is 2.62. The van der Waals surface area contributed by atoms with Gasteiger partial charge in [-0.1, -0.05) is 215 Å². The van der Waals surface area contributed by atoms with Crippen molar-refractivity contribution in [3.8, 4) is 55.6 Å². The summed E-state index contributed by atoms with van der Waals surface area (Å²) >= 11 is 0. The Morgan fingerprint density at radius 2 is 1.04 bits per heavy atom. The lowest BCUT2D eigenvalue weighted by Crippen LogP contribution is -2.22. The second-order valence-corrected chi connectivity index (χ2v) is 23.6. The molecule has 7 aromatic rings. The maximum atomic E-state index is 5.54. The molecule has 0 saturated heterocycles. The zero-order valence-electron chi connectivity index (χ0n) is 45.6. The van der Waals surface area contributed by atoms with Crippen LogP contribution in [0.5, 0.6) is 0 Å². The van der Waals surface area contributed by atoms with Gasteiger partial charge in [-0.15, -0.1) is 0 Å². The van der Waals surface area contributed by atoms with Crippen molar-refractivity contribution in [1.29, 1.82) is 0 Å². The summed E-state index contributed by atoms with van der Waals surface area (Å²) in [5, 5.41) is 0. The van der Waals surface area contributed by atoms with Gasteiger partial charge < -0.3 is 0 Å². The fraction of sp³-hybridized carbons (Fsp3) is 0.338. The molecule has 6 aromatic carbocycles. The first-order valence-corrected chi connectivity index (χ1v) is 27.3. The molecule has 2 spiro atoms. The number of benzene rings is 6. The first-order valence-electron chi connectivity index (χ1n) is 27.3. The molecule has 366 valence electrons. The van der Waals surface area contributed by atoms with Crippen LogP contribution in [0.3, 0.4) is 0 Å². The highest BCUT2D eigenvalue weighted by atomic mass is 14.8. The second-order valence-electron chi connectivity index (χ2n) is 23.6. The predicted octanol–water partition coefficient (Wildman–Crippen LogP) is 20.1. The number of nitrogens with zero attached hydrogens (tertiary/aromatic N) is 1. The van der Waals surface area contributed by atoms with E-state index in [0.29, 0.717) is 0 Å². The lowest BCUT2D eigenvalue weighted by molar-refractivity contribution is 0.532. The van der Waals surface area contributed by atoms with E-state index in [1.54, 1.807) is 0 Å². The van der Waals surface area contributed by atoms with Crippen LogP contribution in [0, 0.1) is 13.8 Å². The number of hydrogen-bond donors (Lipinski definition) is 0.